The summed E-state index contributed by atoms with van der Waals surface area (Å²) in [5, 5.41) is 5.80. The number of alkyl carbamates (subject to hydrolysis) is 1. The molecule has 8 nitrogen and oxygen atoms in total. The number of amides is 3. The Morgan fingerprint density at radius 3 is 2.15 bits per heavy atom. The van der Waals surface area contributed by atoms with Crippen molar-refractivity contribution in [3.05, 3.63) is 59.2 Å². The second-order valence-corrected chi connectivity index (χ2v) is 11.8. The van der Waals surface area contributed by atoms with E-state index in [0.29, 0.717) is 11.4 Å². The van der Waals surface area contributed by atoms with Crippen LogP contribution in [0, 0.1) is 25.7 Å². The number of nitrogens with zero attached hydrogens (tertiary/aromatic N) is 1. The molecular weight excluding hydrogens is 494 g/mol. The van der Waals surface area contributed by atoms with Crippen LogP contribution in [0.4, 0.5) is 10.5 Å². The summed E-state index contributed by atoms with van der Waals surface area (Å²) < 4.78 is 10.7. The molecule has 0 aliphatic heterocycles. The zero-order valence-corrected chi connectivity index (χ0v) is 24.6. The van der Waals surface area contributed by atoms with E-state index < -0.39 is 23.8 Å². The van der Waals surface area contributed by atoms with Gasteiger partial charge in [0.15, 0.2) is 0 Å². The average molecular weight is 538 g/mol. The van der Waals surface area contributed by atoms with Gasteiger partial charge < -0.3 is 25.0 Å². The number of hydrogen-bond acceptors (Lipinski definition) is 5. The third kappa shape index (κ3) is 7.52. The van der Waals surface area contributed by atoms with E-state index in [1.807, 2.05) is 45.9 Å². The number of anilines is 1. The molecule has 0 spiro atoms. The van der Waals surface area contributed by atoms with Crippen molar-refractivity contribution in [1.82, 2.24) is 10.2 Å². The summed E-state index contributed by atoms with van der Waals surface area (Å²) in [6, 6.07) is 11.0. The molecule has 3 amide bonds. The van der Waals surface area contributed by atoms with E-state index in [4.69, 9.17) is 9.47 Å². The number of hydrogen-bond donors (Lipinski definition) is 2. The van der Waals surface area contributed by atoms with Crippen LogP contribution >= 0.6 is 0 Å². The van der Waals surface area contributed by atoms with Gasteiger partial charge in [-0.25, -0.2) is 4.79 Å². The van der Waals surface area contributed by atoms with E-state index in [0.717, 1.165) is 23.1 Å². The number of methoxy groups -OCH3 is 1. The van der Waals surface area contributed by atoms with Crippen molar-refractivity contribution < 1.29 is 23.9 Å². The lowest BCUT2D eigenvalue weighted by atomic mass is 9.93. The van der Waals surface area contributed by atoms with Gasteiger partial charge in [-0.3, -0.25) is 9.59 Å². The topological polar surface area (TPSA) is 97.0 Å². The number of nitrogens with one attached hydrogen (secondary N) is 2. The Balaban J connectivity index is 2.05. The molecule has 1 aliphatic carbocycles. The molecule has 0 radical (unpaired) electrons. The maximum absolute atomic E-state index is 14.3. The van der Waals surface area contributed by atoms with Gasteiger partial charge in [0, 0.05) is 11.7 Å². The SMILES string of the molecule is COc1ccc(NC(=O)C(c2cccc(C)c2C)N(C(=O)C(NC(=O)OC(C)(C)C)C(C)C)C2CC2C)cc1. The maximum Gasteiger partial charge on any atom is 0.408 e. The van der Waals surface area contributed by atoms with Crippen molar-refractivity contribution in [2.45, 2.75) is 85.5 Å². The summed E-state index contributed by atoms with van der Waals surface area (Å²) in [6.45, 7) is 15.1. The Hall–Kier alpha value is -3.55. The smallest absolute Gasteiger partial charge is 0.408 e. The van der Waals surface area contributed by atoms with E-state index in [1.165, 1.54) is 0 Å². The third-order valence-electron chi connectivity index (χ3n) is 7.11. The monoisotopic (exact) mass is 537 g/mol. The fourth-order valence-electron chi connectivity index (χ4n) is 4.65. The highest BCUT2D eigenvalue weighted by Crippen LogP contribution is 2.42. The second-order valence-electron chi connectivity index (χ2n) is 11.8. The second kappa shape index (κ2) is 12.1. The van der Waals surface area contributed by atoms with Gasteiger partial charge in [0.1, 0.15) is 23.4 Å². The number of benzene rings is 2. The normalized spacial score (nSPS) is 18.1. The van der Waals surface area contributed by atoms with Crippen LogP contribution in [0.25, 0.3) is 0 Å². The van der Waals surface area contributed by atoms with Crippen molar-refractivity contribution in [2.75, 3.05) is 12.4 Å². The maximum atomic E-state index is 14.3. The fourth-order valence-corrected chi connectivity index (χ4v) is 4.65. The van der Waals surface area contributed by atoms with Crippen LogP contribution in [-0.4, -0.2) is 47.6 Å². The lowest BCUT2D eigenvalue weighted by molar-refractivity contribution is -0.142. The van der Waals surface area contributed by atoms with Crippen LogP contribution in [0.1, 0.15) is 70.7 Å². The van der Waals surface area contributed by atoms with Gasteiger partial charge in [0.2, 0.25) is 5.91 Å². The first-order valence-electron chi connectivity index (χ1n) is 13.6. The lowest BCUT2D eigenvalue weighted by Crippen LogP contribution is -2.55. The lowest BCUT2D eigenvalue weighted by Gasteiger charge is -2.36. The summed E-state index contributed by atoms with van der Waals surface area (Å²) >= 11 is 0. The van der Waals surface area contributed by atoms with Crippen LogP contribution in [0.2, 0.25) is 0 Å². The molecule has 4 atom stereocenters. The van der Waals surface area contributed by atoms with E-state index in [-0.39, 0.29) is 29.7 Å². The van der Waals surface area contributed by atoms with Crippen molar-refractivity contribution in [1.29, 1.82) is 0 Å². The van der Waals surface area contributed by atoms with Gasteiger partial charge in [-0.15, -0.1) is 0 Å². The number of rotatable bonds is 9. The molecule has 2 aromatic rings. The summed E-state index contributed by atoms with van der Waals surface area (Å²) in [7, 11) is 1.58. The molecule has 1 aliphatic rings. The highest BCUT2D eigenvalue weighted by atomic mass is 16.6. The molecule has 2 aromatic carbocycles. The summed E-state index contributed by atoms with van der Waals surface area (Å²) in [5.41, 5.74) is 2.62. The number of carbonyl (C=O) groups is 3. The van der Waals surface area contributed by atoms with Crippen molar-refractivity contribution >= 4 is 23.6 Å². The summed E-state index contributed by atoms with van der Waals surface area (Å²) in [5.74, 6) is 0.0490. The average Bonchev–Trinajstić information content (AvgIpc) is 3.57. The quantitative estimate of drug-likeness (QED) is 0.423. The van der Waals surface area contributed by atoms with Crippen LogP contribution in [-0.2, 0) is 14.3 Å². The van der Waals surface area contributed by atoms with Crippen molar-refractivity contribution in [3.63, 3.8) is 0 Å². The third-order valence-corrected chi connectivity index (χ3v) is 7.11. The van der Waals surface area contributed by atoms with Crippen molar-refractivity contribution in [3.8, 4) is 5.75 Å². The predicted octanol–water partition coefficient (Wildman–Crippen LogP) is 5.78. The Kier molecular flexibility index (Phi) is 9.30. The molecule has 39 heavy (non-hydrogen) atoms. The molecule has 8 heteroatoms. The molecule has 212 valence electrons. The van der Waals surface area contributed by atoms with Gasteiger partial charge in [-0.05, 0) is 93.8 Å². The minimum atomic E-state index is -0.892. The van der Waals surface area contributed by atoms with Crippen LogP contribution in [0.15, 0.2) is 42.5 Å². The largest absolute Gasteiger partial charge is 0.497 e. The fraction of sp³-hybridized carbons (Fsp3) is 0.516. The van der Waals surface area contributed by atoms with E-state index in [9.17, 15) is 14.4 Å². The molecule has 4 unspecified atom stereocenters. The minimum Gasteiger partial charge on any atom is -0.497 e. The predicted molar refractivity (Wildman–Crippen MR) is 153 cm³/mol. The molecule has 1 saturated carbocycles. The first kappa shape index (κ1) is 30.0. The first-order chi connectivity index (χ1) is 18.2. The van der Waals surface area contributed by atoms with E-state index in [2.05, 4.69) is 17.6 Å². The van der Waals surface area contributed by atoms with Gasteiger partial charge in [-0.2, -0.15) is 0 Å². The Bertz CT molecular complexity index is 1190. The zero-order valence-electron chi connectivity index (χ0n) is 24.6. The molecule has 0 bridgehead atoms. The molecule has 1 fully saturated rings. The molecule has 3 rings (SSSR count). The number of aryl methyl sites for hydroxylation is 1. The Morgan fingerprint density at radius 1 is 1.03 bits per heavy atom. The minimum absolute atomic E-state index is 0.134. The zero-order chi connectivity index (χ0) is 29.1. The van der Waals surface area contributed by atoms with Gasteiger partial charge in [-0.1, -0.05) is 39.0 Å². The van der Waals surface area contributed by atoms with Gasteiger partial charge >= 0.3 is 6.09 Å². The van der Waals surface area contributed by atoms with E-state index >= 15 is 0 Å². The molecular formula is C31H43N3O5. The highest BCUT2D eigenvalue weighted by molar-refractivity contribution is 5.99. The summed E-state index contributed by atoms with van der Waals surface area (Å²) in [6.07, 6.45) is 0.115. The molecule has 0 saturated heterocycles. The molecule has 0 aromatic heterocycles. The van der Waals surface area contributed by atoms with Crippen molar-refractivity contribution in [2.24, 2.45) is 11.8 Å². The standard InChI is InChI=1S/C31H43N3O5/c1-18(2)26(33-30(37)39-31(6,7)8)29(36)34(25-17-20(25)4)27(24-12-10-11-19(3)21(24)5)28(35)32-22-13-15-23(38-9)16-14-22/h10-16,18,20,25-27H,17H2,1-9H3,(H,32,35)(H,33,37). The molecule has 2 N–H and O–H groups in total. The van der Waals surface area contributed by atoms with Gasteiger partial charge in [0.05, 0.1) is 7.11 Å². The number of ether oxygens (including phenoxy) is 2. The Morgan fingerprint density at radius 2 is 1.64 bits per heavy atom. The first-order valence-corrected chi connectivity index (χ1v) is 13.6. The van der Waals surface area contributed by atoms with E-state index in [1.54, 1.807) is 57.0 Å². The van der Waals surface area contributed by atoms with Crippen LogP contribution < -0.4 is 15.4 Å². The Labute approximate surface area is 232 Å². The molecule has 0 heterocycles. The van der Waals surface area contributed by atoms with Crippen LogP contribution in [0.5, 0.6) is 5.75 Å². The van der Waals surface area contributed by atoms with Gasteiger partial charge in [0.25, 0.3) is 5.91 Å². The number of carbonyl (C=O) groups excluding carboxylic acids is 3. The highest BCUT2D eigenvalue weighted by Gasteiger charge is 2.49. The van der Waals surface area contributed by atoms with Crippen LogP contribution in [0.3, 0.4) is 0 Å². The summed E-state index contributed by atoms with van der Waals surface area (Å²) in [4.78, 5) is 42.8.